The Kier molecular flexibility index (Phi) is 185. The molecule has 0 aromatic carbocycles. The smallest absolute Gasteiger partial charge is 2.00 e. The number of hydrogen-bond donors (Lipinski definition) is 0. The van der Waals surface area contributed by atoms with Crippen LogP contribution in [0.5, 0.6) is 0 Å². The fourth-order valence-electron chi connectivity index (χ4n) is 1.95. The fourth-order valence-corrected chi connectivity index (χ4v) is 1.95. The molecule has 0 N–H and O–H groups in total. The van der Waals surface area contributed by atoms with Crippen molar-refractivity contribution in [3.63, 3.8) is 0 Å². The molecule has 0 aliphatic rings. The average molecular weight is 726 g/mol. The van der Waals surface area contributed by atoms with Gasteiger partial charge in [-0.3, -0.25) is 0 Å². The molecule has 0 bridgehead atoms. The minimum absolute atomic E-state index is 0. The molecule has 35 heavy (non-hydrogen) atoms. The van der Waals surface area contributed by atoms with Gasteiger partial charge in [-0.1, -0.05) is 26.7 Å². The molecule has 0 unspecified atom stereocenters. The zero-order valence-electron chi connectivity index (χ0n) is 20.3. The van der Waals surface area contributed by atoms with Crippen LogP contribution in [0, 0.1) is 0 Å². The Balaban J connectivity index is -0.0000000123. The largest absolute Gasteiger partial charge is 3.00 e. The third-order valence-electron chi connectivity index (χ3n) is 3.19. The van der Waals surface area contributed by atoms with E-state index in [2.05, 4.69) is 69.6 Å². The minimum Gasteiger partial charge on any atom is -2.00 e. The van der Waals surface area contributed by atoms with Crippen LogP contribution in [0.15, 0.2) is 37.4 Å². The molecule has 2 rings (SSSR count). The third-order valence-corrected chi connectivity index (χ3v) is 3.19. The first-order valence-electron chi connectivity index (χ1n) is 7.67. The van der Waals surface area contributed by atoms with Crippen LogP contribution >= 0.6 is 99.3 Å². The Labute approximate surface area is 304 Å². The van der Waals surface area contributed by atoms with Crippen molar-refractivity contribution >= 4 is 169 Å². The van der Waals surface area contributed by atoms with Crippen LogP contribution in [0.25, 0.3) is 0 Å². The van der Waals surface area contributed by atoms with Crippen LogP contribution < -0.4 is 9.13 Å². The second-order valence-electron chi connectivity index (χ2n) is 5.34. The van der Waals surface area contributed by atoms with E-state index in [9.17, 15) is 0 Å². The summed E-state index contributed by atoms with van der Waals surface area (Å²) in [6.07, 6.45) is 17.6. The van der Waals surface area contributed by atoms with Gasteiger partial charge in [0.2, 0.25) is 12.7 Å². The Morgan fingerprint density at radius 1 is 0.514 bits per heavy atom. The summed E-state index contributed by atoms with van der Waals surface area (Å²) in [5, 5.41) is 0. The molecule has 0 saturated heterocycles. The maximum Gasteiger partial charge on any atom is 3.00 e. The molecule has 0 fully saturated rings. The van der Waals surface area contributed by atoms with Crippen LogP contribution in [0.2, 0.25) is 0 Å². The zero-order valence-corrected chi connectivity index (χ0v) is 31.4. The van der Waals surface area contributed by atoms with Crippen molar-refractivity contribution < 1.29 is 25.6 Å². The molecule has 7 nitrogen and oxygen atoms in total. The monoisotopic (exact) mass is 722 g/mol. The van der Waals surface area contributed by atoms with Crippen molar-refractivity contribution in [3.8, 4) is 0 Å². The minimum atomic E-state index is 0. The van der Waals surface area contributed by atoms with Gasteiger partial charge in [0.25, 0.3) is 0 Å². The van der Waals surface area contributed by atoms with E-state index < -0.39 is 0 Å². The van der Waals surface area contributed by atoms with Crippen LogP contribution in [0.4, 0.5) is 0 Å². The van der Waals surface area contributed by atoms with Gasteiger partial charge in [0.1, 0.15) is 24.8 Å². The topological polar surface area (TPSA) is 103 Å². The second-order valence-corrected chi connectivity index (χ2v) is 5.34. The van der Waals surface area contributed by atoms with Crippen LogP contribution in [-0.2, 0) is 43.6 Å². The summed E-state index contributed by atoms with van der Waals surface area (Å²) >= 11 is 0. The number of unbranched alkanes of at least 4 members (excludes halogenated alkanes) is 2. The standard InChI is InChI=1S/2C8H15N2.4Al.8ClH.3O/c2*1-3-4-5-10-7-6-9(2)8-10;;;;;;;;;;;;;;;/h2*6-8H,3-5H2,1-2H3;;;;;8*1H;;;/q2*+1;4*+3;;;;;;;;;3*-2. The van der Waals surface area contributed by atoms with Crippen molar-refractivity contribution in [3.05, 3.63) is 37.4 Å². The first kappa shape index (κ1) is 98.5. The summed E-state index contributed by atoms with van der Waals surface area (Å²) in [7, 11) is 4.09. The molecule has 0 aliphatic heterocycles. The molecule has 0 saturated carbocycles. The van der Waals surface area contributed by atoms with Gasteiger partial charge >= 0.3 is 69.4 Å². The normalized spacial score (nSPS) is 5.83. The summed E-state index contributed by atoms with van der Waals surface area (Å²) in [5.41, 5.74) is 0. The predicted molar refractivity (Wildman–Crippen MR) is 164 cm³/mol. The van der Waals surface area contributed by atoms with E-state index >= 15 is 0 Å². The zero-order chi connectivity index (χ0) is 14.8. The molecule has 19 heteroatoms. The second kappa shape index (κ2) is 65.6. The van der Waals surface area contributed by atoms with E-state index in [1.165, 1.54) is 25.7 Å². The van der Waals surface area contributed by atoms with E-state index in [-0.39, 0.29) is 185 Å². The van der Waals surface area contributed by atoms with Gasteiger partial charge in [0.15, 0.2) is 0 Å². The molecule has 0 aliphatic carbocycles. The van der Waals surface area contributed by atoms with Crippen LogP contribution in [0.1, 0.15) is 39.5 Å². The summed E-state index contributed by atoms with van der Waals surface area (Å²) in [5.74, 6) is 0. The van der Waals surface area contributed by atoms with Crippen molar-refractivity contribution in [2.24, 2.45) is 14.1 Å². The van der Waals surface area contributed by atoms with E-state index in [4.69, 9.17) is 0 Å². The van der Waals surface area contributed by atoms with E-state index in [0.717, 1.165) is 13.1 Å². The molecule has 0 atom stereocenters. The van der Waals surface area contributed by atoms with Gasteiger partial charge in [-0.15, -0.1) is 99.3 Å². The van der Waals surface area contributed by atoms with Gasteiger partial charge in [-0.05, 0) is 12.8 Å². The molecule has 0 spiro atoms. The van der Waals surface area contributed by atoms with Crippen molar-refractivity contribution in [1.82, 2.24) is 9.13 Å². The van der Waals surface area contributed by atoms with Gasteiger partial charge in [0, 0.05) is 0 Å². The molecule has 2 aromatic heterocycles. The third kappa shape index (κ3) is 53.7. The SMILES string of the molecule is CCCCn1cc[n+](C)c1.CCCCn1cc[n+](C)c1.Cl.Cl.Cl.Cl.Cl.Cl.Cl.Cl.[Al+3].[Al+3].[Al+3].[Al+3].[O-2].[O-2].[O-2]. The van der Waals surface area contributed by atoms with Crippen molar-refractivity contribution in [2.45, 2.75) is 52.6 Å². The van der Waals surface area contributed by atoms with Crippen LogP contribution in [0.3, 0.4) is 0 Å². The molecule has 0 amide bonds. The Morgan fingerprint density at radius 2 is 0.743 bits per heavy atom. The number of aromatic nitrogens is 4. The maximum atomic E-state index is 2.21. The Morgan fingerprint density at radius 3 is 0.886 bits per heavy atom. The number of rotatable bonds is 6. The quantitative estimate of drug-likeness (QED) is 0.321. The Hall–Kier alpha value is 2.75. The van der Waals surface area contributed by atoms with Gasteiger partial charge in [-0.25, -0.2) is 18.3 Å². The van der Waals surface area contributed by atoms with E-state index in [1.807, 2.05) is 14.1 Å². The predicted octanol–water partition coefficient (Wildman–Crippen LogP) is 3.72. The molecular formula is C16H38Al4Cl8N4O3+8. The van der Waals surface area contributed by atoms with Crippen molar-refractivity contribution in [1.29, 1.82) is 0 Å². The molecule has 2 aromatic rings. The molecular weight excluding hydrogens is 688 g/mol. The Bertz CT molecular complexity index is 482. The summed E-state index contributed by atoms with van der Waals surface area (Å²) < 4.78 is 8.55. The first-order chi connectivity index (χ1) is 9.65. The molecule has 0 radical (unpaired) electrons. The average Bonchev–Trinajstić information content (AvgIpc) is 3.03. The van der Waals surface area contributed by atoms with E-state index in [0.29, 0.717) is 0 Å². The molecule has 200 valence electrons. The van der Waals surface area contributed by atoms with Crippen LogP contribution in [-0.4, -0.2) is 78.6 Å². The van der Waals surface area contributed by atoms with Crippen molar-refractivity contribution in [2.75, 3.05) is 0 Å². The summed E-state index contributed by atoms with van der Waals surface area (Å²) in [4.78, 5) is 0. The van der Waals surface area contributed by atoms with E-state index in [1.54, 1.807) is 0 Å². The maximum absolute atomic E-state index is 2.21. The summed E-state index contributed by atoms with van der Waals surface area (Å²) in [6, 6.07) is 0. The number of nitrogens with zero attached hydrogens (tertiary/aromatic N) is 4. The van der Waals surface area contributed by atoms with Gasteiger partial charge in [-0.2, -0.15) is 0 Å². The van der Waals surface area contributed by atoms with Gasteiger partial charge in [0.05, 0.1) is 27.2 Å². The first-order valence-corrected chi connectivity index (χ1v) is 7.67. The fraction of sp³-hybridized carbons (Fsp3) is 0.625. The number of aryl methyl sites for hydroxylation is 4. The molecule has 2 heterocycles. The number of halogens is 8. The number of imidazole rings is 2. The number of hydrogen-bond acceptors (Lipinski definition) is 0. The summed E-state index contributed by atoms with van der Waals surface area (Å²) in [6.45, 7) is 6.72. The van der Waals surface area contributed by atoms with Gasteiger partial charge < -0.3 is 16.4 Å².